The molecule has 0 saturated heterocycles. The monoisotopic (exact) mass is 304 g/mol. The first-order chi connectivity index (χ1) is 9.79. The van der Waals surface area contributed by atoms with Gasteiger partial charge in [0, 0.05) is 11.1 Å². The lowest BCUT2D eigenvalue weighted by Gasteiger charge is -2.25. The van der Waals surface area contributed by atoms with Crippen LogP contribution in [0.4, 0.5) is 4.39 Å². The number of hydrogen-bond donors (Lipinski definition) is 1. The Morgan fingerprint density at radius 3 is 2.43 bits per heavy atom. The average Bonchev–Trinajstić information content (AvgIpc) is 2.37. The molecule has 0 aliphatic heterocycles. The molecule has 4 heteroatoms. The summed E-state index contributed by atoms with van der Waals surface area (Å²) in [5.74, 6) is 1.13. The molecule has 2 aromatic rings. The van der Waals surface area contributed by atoms with Gasteiger partial charge in [0.1, 0.15) is 16.3 Å². The highest BCUT2D eigenvalue weighted by Gasteiger charge is 2.26. The molecular formula is C17H21FN2S. The SMILES string of the molecule is CC(C)Cc1cc(=S)nc(C(C)(C)c2ccc(F)cc2)[nH]1. The molecule has 2 nitrogen and oxygen atoms in total. The number of hydrogen-bond acceptors (Lipinski definition) is 2. The van der Waals surface area contributed by atoms with Crippen molar-refractivity contribution in [3.8, 4) is 0 Å². The van der Waals surface area contributed by atoms with Crippen LogP contribution in [0.3, 0.4) is 0 Å². The minimum absolute atomic E-state index is 0.232. The highest BCUT2D eigenvalue weighted by molar-refractivity contribution is 7.71. The standard InChI is InChI=1S/C17H21FN2S/c1-11(2)9-14-10-15(21)20-16(19-14)17(3,4)12-5-7-13(18)8-6-12/h5-8,10-11H,9H2,1-4H3,(H,19,20,21). The van der Waals surface area contributed by atoms with Crippen LogP contribution in [-0.4, -0.2) is 9.97 Å². The Balaban J connectivity index is 2.46. The zero-order chi connectivity index (χ0) is 15.6. The van der Waals surface area contributed by atoms with Crippen molar-refractivity contribution in [3.05, 3.63) is 57.9 Å². The van der Waals surface area contributed by atoms with Crippen molar-refractivity contribution in [3.63, 3.8) is 0 Å². The van der Waals surface area contributed by atoms with E-state index < -0.39 is 0 Å². The molecule has 0 aliphatic carbocycles. The summed E-state index contributed by atoms with van der Waals surface area (Å²) in [6, 6.07) is 8.46. The van der Waals surface area contributed by atoms with Gasteiger partial charge < -0.3 is 4.98 Å². The van der Waals surface area contributed by atoms with Gasteiger partial charge in [-0.05, 0) is 49.9 Å². The Hall–Kier alpha value is -1.55. The Bertz CT molecular complexity index is 672. The zero-order valence-electron chi connectivity index (χ0n) is 12.9. The Labute approximate surface area is 130 Å². The second kappa shape index (κ2) is 6.06. The smallest absolute Gasteiger partial charge is 0.130 e. The molecule has 1 aromatic carbocycles. The summed E-state index contributed by atoms with van der Waals surface area (Å²) < 4.78 is 13.7. The van der Waals surface area contributed by atoms with Crippen molar-refractivity contribution >= 4 is 12.2 Å². The molecule has 2 rings (SSSR count). The lowest BCUT2D eigenvalue weighted by molar-refractivity contribution is 0.566. The second-order valence-electron chi connectivity index (χ2n) is 6.32. The highest BCUT2D eigenvalue weighted by Crippen LogP contribution is 2.29. The number of nitrogens with zero attached hydrogens (tertiary/aromatic N) is 1. The fourth-order valence-corrected chi connectivity index (χ4v) is 2.59. The largest absolute Gasteiger partial charge is 0.346 e. The van der Waals surface area contributed by atoms with Crippen molar-refractivity contribution in [1.29, 1.82) is 0 Å². The van der Waals surface area contributed by atoms with Gasteiger partial charge in [-0.2, -0.15) is 0 Å². The molecule has 0 radical (unpaired) electrons. The first kappa shape index (κ1) is 15.8. The number of nitrogens with one attached hydrogen (secondary N) is 1. The summed E-state index contributed by atoms with van der Waals surface area (Å²) in [6.45, 7) is 8.46. The van der Waals surface area contributed by atoms with E-state index in [1.165, 1.54) is 12.1 Å². The molecule has 21 heavy (non-hydrogen) atoms. The summed E-state index contributed by atoms with van der Waals surface area (Å²) in [7, 11) is 0. The van der Waals surface area contributed by atoms with Gasteiger partial charge in [-0.25, -0.2) is 9.37 Å². The van der Waals surface area contributed by atoms with E-state index in [0.717, 1.165) is 23.5 Å². The summed E-state index contributed by atoms with van der Waals surface area (Å²) in [5.41, 5.74) is 1.74. The fourth-order valence-electron chi connectivity index (χ4n) is 2.36. The van der Waals surface area contributed by atoms with Crippen LogP contribution in [0.15, 0.2) is 30.3 Å². The second-order valence-corrected chi connectivity index (χ2v) is 6.74. The van der Waals surface area contributed by atoms with Crippen LogP contribution in [0.5, 0.6) is 0 Å². The van der Waals surface area contributed by atoms with Gasteiger partial charge in [-0.15, -0.1) is 0 Å². The van der Waals surface area contributed by atoms with Crippen molar-refractivity contribution < 1.29 is 4.39 Å². The van der Waals surface area contributed by atoms with Crippen LogP contribution < -0.4 is 0 Å². The van der Waals surface area contributed by atoms with Gasteiger partial charge in [0.15, 0.2) is 0 Å². The van der Waals surface area contributed by atoms with Crippen LogP contribution in [-0.2, 0) is 11.8 Å². The van der Waals surface area contributed by atoms with Gasteiger partial charge in [-0.3, -0.25) is 0 Å². The maximum absolute atomic E-state index is 13.1. The summed E-state index contributed by atoms with van der Waals surface area (Å²) >= 11 is 5.29. The molecule has 0 atom stereocenters. The first-order valence-electron chi connectivity index (χ1n) is 7.16. The number of benzene rings is 1. The van der Waals surface area contributed by atoms with E-state index in [0.29, 0.717) is 10.6 Å². The molecule has 0 saturated carbocycles. The lowest BCUT2D eigenvalue weighted by Crippen LogP contribution is -2.23. The van der Waals surface area contributed by atoms with Gasteiger partial charge in [0.05, 0.1) is 0 Å². The predicted molar refractivity (Wildman–Crippen MR) is 86.5 cm³/mol. The minimum atomic E-state index is -0.353. The van der Waals surface area contributed by atoms with Crippen LogP contribution >= 0.6 is 12.2 Å². The van der Waals surface area contributed by atoms with Gasteiger partial charge >= 0.3 is 0 Å². The Morgan fingerprint density at radius 1 is 1.24 bits per heavy atom. The van der Waals surface area contributed by atoms with E-state index in [4.69, 9.17) is 12.2 Å². The summed E-state index contributed by atoms with van der Waals surface area (Å²) in [5, 5.41) is 0. The quantitative estimate of drug-likeness (QED) is 0.822. The number of halogens is 1. The lowest BCUT2D eigenvalue weighted by atomic mass is 9.83. The third-order valence-electron chi connectivity index (χ3n) is 3.58. The summed E-state index contributed by atoms with van der Waals surface area (Å²) in [6.07, 6.45) is 0.929. The van der Waals surface area contributed by atoms with Crippen molar-refractivity contribution in [2.24, 2.45) is 5.92 Å². The van der Waals surface area contributed by atoms with Crippen LogP contribution in [0.1, 0.15) is 44.8 Å². The van der Waals surface area contributed by atoms with Crippen molar-refractivity contribution in [2.45, 2.75) is 39.5 Å². The van der Waals surface area contributed by atoms with E-state index in [2.05, 4.69) is 37.7 Å². The molecule has 1 aromatic heterocycles. The van der Waals surface area contributed by atoms with E-state index in [1.54, 1.807) is 12.1 Å². The minimum Gasteiger partial charge on any atom is -0.346 e. The maximum atomic E-state index is 13.1. The fraction of sp³-hybridized carbons (Fsp3) is 0.412. The number of aromatic amines is 1. The van der Waals surface area contributed by atoms with Crippen molar-refractivity contribution in [2.75, 3.05) is 0 Å². The normalized spacial score (nSPS) is 11.9. The van der Waals surface area contributed by atoms with E-state index in [1.807, 2.05) is 6.07 Å². The maximum Gasteiger partial charge on any atom is 0.130 e. The first-order valence-corrected chi connectivity index (χ1v) is 7.56. The third-order valence-corrected chi connectivity index (χ3v) is 3.79. The van der Waals surface area contributed by atoms with Gasteiger partial charge in [0.2, 0.25) is 0 Å². The Kier molecular flexibility index (Phi) is 4.57. The van der Waals surface area contributed by atoms with E-state index >= 15 is 0 Å². The number of aromatic nitrogens is 2. The molecule has 0 spiro atoms. The van der Waals surface area contributed by atoms with Crippen LogP contribution in [0.25, 0.3) is 0 Å². The van der Waals surface area contributed by atoms with Gasteiger partial charge in [-0.1, -0.05) is 38.2 Å². The van der Waals surface area contributed by atoms with E-state index in [9.17, 15) is 4.39 Å². The molecule has 0 bridgehead atoms. The number of rotatable bonds is 4. The molecule has 0 amide bonds. The topological polar surface area (TPSA) is 28.7 Å². The molecule has 1 heterocycles. The highest BCUT2D eigenvalue weighted by atomic mass is 32.1. The van der Waals surface area contributed by atoms with Gasteiger partial charge in [0.25, 0.3) is 0 Å². The van der Waals surface area contributed by atoms with Crippen molar-refractivity contribution in [1.82, 2.24) is 9.97 Å². The molecule has 112 valence electrons. The van der Waals surface area contributed by atoms with Crippen LogP contribution in [0, 0.1) is 16.4 Å². The molecule has 0 unspecified atom stereocenters. The Morgan fingerprint density at radius 2 is 1.86 bits per heavy atom. The van der Waals surface area contributed by atoms with E-state index in [-0.39, 0.29) is 11.2 Å². The molecule has 0 aliphatic rings. The predicted octanol–water partition coefficient (Wildman–Crippen LogP) is 4.80. The number of H-pyrrole nitrogens is 1. The van der Waals surface area contributed by atoms with Crippen LogP contribution in [0.2, 0.25) is 0 Å². The third kappa shape index (κ3) is 3.76. The zero-order valence-corrected chi connectivity index (χ0v) is 13.7. The molecule has 1 N–H and O–H groups in total. The molecular weight excluding hydrogens is 283 g/mol. The summed E-state index contributed by atoms with van der Waals surface area (Å²) in [4.78, 5) is 7.88. The molecule has 0 fully saturated rings. The average molecular weight is 304 g/mol.